The lowest BCUT2D eigenvalue weighted by molar-refractivity contribution is 0.167. The molecule has 1 aliphatic rings. The first-order chi connectivity index (χ1) is 10.2. The van der Waals surface area contributed by atoms with Crippen LogP contribution in [0.5, 0.6) is 0 Å². The maximum Gasteiger partial charge on any atom is 0.137 e. The summed E-state index contributed by atoms with van der Waals surface area (Å²) in [6, 6.07) is 9.61. The molecular formula is C16H18BrFN2O. The summed E-state index contributed by atoms with van der Waals surface area (Å²) >= 11 is 3.19. The van der Waals surface area contributed by atoms with Crippen LogP contribution in [0.4, 0.5) is 4.39 Å². The lowest BCUT2D eigenvalue weighted by atomic mass is 10.0. The third kappa shape index (κ3) is 3.36. The summed E-state index contributed by atoms with van der Waals surface area (Å²) in [6.07, 6.45) is 4.00. The summed E-state index contributed by atoms with van der Waals surface area (Å²) in [6.45, 7) is 1.16. The van der Waals surface area contributed by atoms with Crippen molar-refractivity contribution in [2.45, 2.75) is 31.5 Å². The Morgan fingerprint density at radius 1 is 1.38 bits per heavy atom. The molecule has 0 radical (unpaired) electrons. The van der Waals surface area contributed by atoms with Crippen LogP contribution in [0, 0.1) is 5.82 Å². The molecule has 1 atom stereocenters. The second-order valence-electron chi connectivity index (χ2n) is 5.41. The molecule has 0 amide bonds. The van der Waals surface area contributed by atoms with Gasteiger partial charge in [-0.05, 0) is 58.6 Å². The van der Waals surface area contributed by atoms with E-state index in [1.807, 2.05) is 18.2 Å². The Bertz CT molecular complexity index is 598. The Balaban J connectivity index is 1.86. The van der Waals surface area contributed by atoms with E-state index in [4.69, 9.17) is 10.2 Å². The molecule has 3 nitrogen and oxygen atoms in total. The fraction of sp³-hybridized carbons (Fsp3) is 0.375. The molecule has 1 aromatic heterocycles. The number of nitrogens with zero attached hydrogens (tertiary/aromatic N) is 1. The fourth-order valence-electron chi connectivity index (χ4n) is 2.67. The lowest BCUT2D eigenvalue weighted by Crippen LogP contribution is -2.35. The first kappa shape index (κ1) is 14.8. The minimum Gasteiger partial charge on any atom is -0.468 e. The van der Waals surface area contributed by atoms with Crippen molar-refractivity contribution < 1.29 is 8.81 Å². The van der Waals surface area contributed by atoms with E-state index in [1.165, 1.54) is 0 Å². The molecule has 5 heteroatoms. The van der Waals surface area contributed by atoms with E-state index in [0.29, 0.717) is 23.6 Å². The summed E-state index contributed by atoms with van der Waals surface area (Å²) in [7, 11) is 0. The Kier molecular flexibility index (Phi) is 4.42. The van der Waals surface area contributed by atoms with Crippen molar-refractivity contribution >= 4 is 15.9 Å². The van der Waals surface area contributed by atoms with E-state index in [9.17, 15) is 4.39 Å². The third-order valence-electron chi connectivity index (χ3n) is 3.89. The molecule has 1 heterocycles. The highest BCUT2D eigenvalue weighted by atomic mass is 79.9. The number of nitrogens with two attached hydrogens (primary N) is 1. The summed E-state index contributed by atoms with van der Waals surface area (Å²) in [5.41, 5.74) is 6.90. The van der Waals surface area contributed by atoms with Crippen LogP contribution in [-0.4, -0.2) is 17.5 Å². The molecule has 1 fully saturated rings. The molecule has 0 aliphatic heterocycles. The van der Waals surface area contributed by atoms with Gasteiger partial charge in [-0.2, -0.15) is 0 Å². The zero-order chi connectivity index (χ0) is 14.8. The van der Waals surface area contributed by atoms with Gasteiger partial charge < -0.3 is 10.2 Å². The van der Waals surface area contributed by atoms with E-state index in [-0.39, 0.29) is 11.9 Å². The second kappa shape index (κ2) is 6.30. The third-order valence-corrected chi connectivity index (χ3v) is 4.53. The van der Waals surface area contributed by atoms with Crippen molar-refractivity contribution in [3.8, 4) is 0 Å². The smallest absolute Gasteiger partial charge is 0.137 e. The van der Waals surface area contributed by atoms with E-state index in [1.54, 1.807) is 18.4 Å². The molecule has 2 N–H and O–H groups in total. The predicted octanol–water partition coefficient (Wildman–Crippen LogP) is 3.85. The first-order valence-corrected chi connectivity index (χ1v) is 7.91. The second-order valence-corrected chi connectivity index (χ2v) is 6.26. The van der Waals surface area contributed by atoms with Gasteiger partial charge in [-0.1, -0.05) is 6.07 Å². The Morgan fingerprint density at radius 2 is 2.19 bits per heavy atom. The maximum absolute atomic E-state index is 13.8. The molecule has 1 aliphatic carbocycles. The molecule has 3 rings (SSSR count). The van der Waals surface area contributed by atoms with Gasteiger partial charge in [0.1, 0.15) is 11.6 Å². The van der Waals surface area contributed by atoms with Gasteiger partial charge in [0, 0.05) is 18.6 Å². The summed E-state index contributed by atoms with van der Waals surface area (Å²) in [4.78, 5) is 2.32. The number of hydrogen-bond acceptors (Lipinski definition) is 3. The van der Waals surface area contributed by atoms with Gasteiger partial charge in [0.25, 0.3) is 0 Å². The average Bonchev–Trinajstić information content (AvgIpc) is 3.20. The van der Waals surface area contributed by atoms with Crippen LogP contribution in [0.1, 0.15) is 30.2 Å². The molecule has 21 heavy (non-hydrogen) atoms. The molecule has 112 valence electrons. The summed E-state index contributed by atoms with van der Waals surface area (Å²) < 4.78 is 19.7. The highest BCUT2D eigenvalue weighted by Crippen LogP contribution is 2.36. The minimum atomic E-state index is -0.250. The van der Waals surface area contributed by atoms with Gasteiger partial charge in [0.05, 0.1) is 17.3 Å². The van der Waals surface area contributed by atoms with Crippen molar-refractivity contribution in [2.24, 2.45) is 5.73 Å². The quantitative estimate of drug-likeness (QED) is 0.858. The highest BCUT2D eigenvalue weighted by Gasteiger charge is 2.34. The van der Waals surface area contributed by atoms with Gasteiger partial charge in [0.15, 0.2) is 0 Å². The van der Waals surface area contributed by atoms with Gasteiger partial charge in [-0.25, -0.2) is 4.39 Å². The Labute approximate surface area is 132 Å². The normalized spacial score (nSPS) is 16.4. The van der Waals surface area contributed by atoms with Gasteiger partial charge in [-0.15, -0.1) is 0 Å². The van der Waals surface area contributed by atoms with Crippen LogP contribution in [0.25, 0.3) is 0 Å². The van der Waals surface area contributed by atoms with Crippen molar-refractivity contribution in [3.05, 3.63) is 58.2 Å². The molecule has 1 aromatic carbocycles. The number of hydrogen-bond donors (Lipinski definition) is 1. The van der Waals surface area contributed by atoms with Gasteiger partial charge in [-0.3, -0.25) is 4.90 Å². The molecule has 0 bridgehead atoms. The van der Waals surface area contributed by atoms with Crippen LogP contribution in [0.3, 0.4) is 0 Å². The van der Waals surface area contributed by atoms with Gasteiger partial charge >= 0.3 is 0 Å². The molecular weight excluding hydrogens is 335 g/mol. The molecule has 1 saturated carbocycles. The minimum absolute atomic E-state index is 0.00481. The summed E-state index contributed by atoms with van der Waals surface area (Å²) in [5.74, 6) is 0.664. The SMILES string of the molecule is NCC(c1ccc(Br)c(F)c1)N(Cc1ccco1)C1CC1. The first-order valence-electron chi connectivity index (χ1n) is 7.12. The van der Waals surface area contributed by atoms with E-state index in [0.717, 1.165) is 24.2 Å². The largest absolute Gasteiger partial charge is 0.468 e. The fourth-order valence-corrected chi connectivity index (χ4v) is 2.91. The lowest BCUT2D eigenvalue weighted by Gasteiger charge is -2.30. The molecule has 1 unspecified atom stereocenters. The Hall–Kier alpha value is -1.17. The maximum atomic E-state index is 13.8. The zero-order valence-corrected chi connectivity index (χ0v) is 13.2. The standard InChI is InChI=1S/C16H18BrFN2O/c17-14-6-3-11(8-15(14)18)16(9-19)20(12-4-5-12)10-13-2-1-7-21-13/h1-3,6-8,12,16H,4-5,9-10,19H2. The van der Waals surface area contributed by atoms with Crippen LogP contribution >= 0.6 is 15.9 Å². The number of rotatable bonds is 6. The number of furan rings is 1. The molecule has 0 saturated heterocycles. The van der Waals surface area contributed by atoms with Gasteiger partial charge in [0.2, 0.25) is 0 Å². The van der Waals surface area contributed by atoms with Crippen LogP contribution in [-0.2, 0) is 6.54 Å². The topological polar surface area (TPSA) is 42.4 Å². The summed E-state index contributed by atoms with van der Waals surface area (Å²) in [5, 5.41) is 0. The number of halogens is 2. The molecule has 0 spiro atoms. The van der Waals surface area contributed by atoms with Crippen molar-refractivity contribution in [1.82, 2.24) is 4.90 Å². The number of benzene rings is 1. The zero-order valence-electron chi connectivity index (χ0n) is 11.6. The van der Waals surface area contributed by atoms with E-state index >= 15 is 0 Å². The predicted molar refractivity (Wildman–Crippen MR) is 83.2 cm³/mol. The highest BCUT2D eigenvalue weighted by molar-refractivity contribution is 9.10. The van der Waals surface area contributed by atoms with Crippen molar-refractivity contribution in [3.63, 3.8) is 0 Å². The van der Waals surface area contributed by atoms with E-state index in [2.05, 4.69) is 20.8 Å². The van der Waals surface area contributed by atoms with E-state index < -0.39 is 0 Å². The average molecular weight is 353 g/mol. The van der Waals surface area contributed by atoms with Crippen LogP contribution < -0.4 is 5.73 Å². The molecule has 2 aromatic rings. The van der Waals surface area contributed by atoms with Crippen LogP contribution in [0.2, 0.25) is 0 Å². The Morgan fingerprint density at radius 3 is 2.76 bits per heavy atom. The monoisotopic (exact) mass is 352 g/mol. The van der Waals surface area contributed by atoms with Crippen LogP contribution in [0.15, 0.2) is 45.5 Å². The van der Waals surface area contributed by atoms with Crippen molar-refractivity contribution in [2.75, 3.05) is 6.54 Å². The van der Waals surface area contributed by atoms with Crippen molar-refractivity contribution in [1.29, 1.82) is 0 Å².